The van der Waals surface area contributed by atoms with Crippen molar-refractivity contribution in [2.75, 3.05) is 6.61 Å². The molecule has 3 nitrogen and oxygen atoms in total. The normalized spacial score (nSPS) is 11.8. The Morgan fingerprint density at radius 1 is 0.857 bits per heavy atom. The van der Waals surface area contributed by atoms with Crippen LogP contribution in [0.5, 0.6) is 11.5 Å². The average molecular weight is 396 g/mol. The van der Waals surface area contributed by atoms with Crippen LogP contribution in [0.15, 0.2) is 72.8 Å². The molecule has 0 radical (unpaired) electrons. The van der Waals surface area contributed by atoms with Crippen LogP contribution < -0.4 is 14.8 Å². The van der Waals surface area contributed by atoms with Crippen molar-refractivity contribution in [2.24, 2.45) is 0 Å². The highest BCUT2D eigenvalue weighted by Crippen LogP contribution is 2.30. The van der Waals surface area contributed by atoms with Crippen molar-refractivity contribution >= 4 is 11.6 Å². The Balaban J connectivity index is 1.64. The molecule has 3 aromatic rings. The van der Waals surface area contributed by atoms with Crippen LogP contribution in [-0.2, 0) is 13.2 Å². The average Bonchev–Trinajstić information content (AvgIpc) is 2.72. The SMILES string of the molecule is CCOc1cc(CN[C@H](C)c2ccccc2)ccc1OCc1cccc(Cl)c1. The van der Waals surface area contributed by atoms with E-state index in [0.29, 0.717) is 18.2 Å². The molecule has 28 heavy (non-hydrogen) atoms. The van der Waals surface area contributed by atoms with Gasteiger partial charge in [-0.05, 0) is 54.8 Å². The van der Waals surface area contributed by atoms with Gasteiger partial charge in [0.25, 0.3) is 0 Å². The molecule has 3 aromatic carbocycles. The fraction of sp³-hybridized carbons (Fsp3) is 0.250. The van der Waals surface area contributed by atoms with Crippen molar-refractivity contribution < 1.29 is 9.47 Å². The molecule has 4 heteroatoms. The monoisotopic (exact) mass is 395 g/mol. The molecule has 0 bridgehead atoms. The van der Waals surface area contributed by atoms with Gasteiger partial charge in [0.05, 0.1) is 6.61 Å². The van der Waals surface area contributed by atoms with Crippen LogP contribution in [0, 0.1) is 0 Å². The fourth-order valence-corrected chi connectivity index (χ4v) is 3.18. The van der Waals surface area contributed by atoms with Crippen LogP contribution in [0.2, 0.25) is 5.02 Å². The van der Waals surface area contributed by atoms with Crippen molar-refractivity contribution in [3.05, 3.63) is 94.5 Å². The van der Waals surface area contributed by atoms with Gasteiger partial charge < -0.3 is 14.8 Å². The molecule has 1 N–H and O–H groups in total. The summed E-state index contributed by atoms with van der Waals surface area (Å²) in [6, 6.07) is 24.5. The zero-order chi connectivity index (χ0) is 19.8. The van der Waals surface area contributed by atoms with E-state index in [1.54, 1.807) is 0 Å². The molecule has 3 rings (SSSR count). The summed E-state index contributed by atoms with van der Waals surface area (Å²) in [6.45, 7) is 5.93. The summed E-state index contributed by atoms with van der Waals surface area (Å²) in [4.78, 5) is 0. The van der Waals surface area contributed by atoms with Gasteiger partial charge in [0.1, 0.15) is 6.61 Å². The Bertz CT molecular complexity index is 883. The zero-order valence-corrected chi connectivity index (χ0v) is 17.1. The van der Waals surface area contributed by atoms with Gasteiger partial charge in [-0.15, -0.1) is 0 Å². The second-order valence-electron chi connectivity index (χ2n) is 6.65. The predicted molar refractivity (Wildman–Crippen MR) is 115 cm³/mol. The third-order valence-electron chi connectivity index (χ3n) is 4.50. The van der Waals surface area contributed by atoms with Gasteiger partial charge in [-0.3, -0.25) is 0 Å². The van der Waals surface area contributed by atoms with Gasteiger partial charge in [0.2, 0.25) is 0 Å². The summed E-state index contributed by atoms with van der Waals surface area (Å²) in [6.07, 6.45) is 0. The van der Waals surface area contributed by atoms with E-state index in [1.165, 1.54) is 5.56 Å². The van der Waals surface area contributed by atoms with E-state index in [1.807, 2.05) is 49.4 Å². The first-order valence-corrected chi connectivity index (χ1v) is 9.95. The highest BCUT2D eigenvalue weighted by Gasteiger charge is 2.09. The zero-order valence-electron chi connectivity index (χ0n) is 16.3. The molecule has 146 valence electrons. The maximum Gasteiger partial charge on any atom is 0.161 e. The summed E-state index contributed by atoms with van der Waals surface area (Å²) < 4.78 is 11.8. The van der Waals surface area contributed by atoms with Gasteiger partial charge >= 0.3 is 0 Å². The summed E-state index contributed by atoms with van der Waals surface area (Å²) >= 11 is 6.05. The lowest BCUT2D eigenvalue weighted by molar-refractivity contribution is 0.269. The maximum atomic E-state index is 6.05. The molecule has 0 amide bonds. The van der Waals surface area contributed by atoms with Crippen molar-refractivity contribution in [1.82, 2.24) is 5.32 Å². The van der Waals surface area contributed by atoms with Crippen molar-refractivity contribution in [3.8, 4) is 11.5 Å². The summed E-state index contributed by atoms with van der Waals surface area (Å²) in [7, 11) is 0. The van der Waals surface area contributed by atoms with E-state index >= 15 is 0 Å². The van der Waals surface area contributed by atoms with E-state index in [4.69, 9.17) is 21.1 Å². The van der Waals surface area contributed by atoms with Gasteiger partial charge in [0, 0.05) is 17.6 Å². The molecule has 0 saturated carbocycles. The van der Waals surface area contributed by atoms with Crippen LogP contribution in [-0.4, -0.2) is 6.61 Å². The fourth-order valence-electron chi connectivity index (χ4n) is 2.97. The Morgan fingerprint density at radius 3 is 2.43 bits per heavy atom. The first kappa shape index (κ1) is 20.2. The number of hydrogen-bond acceptors (Lipinski definition) is 3. The molecule has 0 saturated heterocycles. The molecule has 0 aliphatic carbocycles. The second-order valence-corrected chi connectivity index (χ2v) is 7.08. The topological polar surface area (TPSA) is 30.5 Å². The molecule has 0 spiro atoms. The van der Waals surface area contributed by atoms with Gasteiger partial charge in [-0.2, -0.15) is 0 Å². The number of rotatable bonds is 9. The largest absolute Gasteiger partial charge is 0.490 e. The third kappa shape index (κ3) is 5.75. The van der Waals surface area contributed by atoms with Gasteiger partial charge in [0.15, 0.2) is 11.5 Å². The smallest absolute Gasteiger partial charge is 0.161 e. The van der Waals surface area contributed by atoms with Crippen LogP contribution in [0.4, 0.5) is 0 Å². The number of hydrogen-bond donors (Lipinski definition) is 1. The van der Waals surface area contributed by atoms with Crippen molar-refractivity contribution in [3.63, 3.8) is 0 Å². The van der Waals surface area contributed by atoms with E-state index in [-0.39, 0.29) is 6.04 Å². The Labute approximate surface area is 172 Å². The predicted octanol–water partition coefficient (Wildman–Crippen LogP) is 6.17. The van der Waals surface area contributed by atoms with Crippen molar-refractivity contribution in [2.45, 2.75) is 33.0 Å². The van der Waals surface area contributed by atoms with Crippen LogP contribution in [0.3, 0.4) is 0 Å². The minimum Gasteiger partial charge on any atom is -0.490 e. The highest BCUT2D eigenvalue weighted by molar-refractivity contribution is 6.30. The van der Waals surface area contributed by atoms with E-state index < -0.39 is 0 Å². The Kier molecular flexibility index (Phi) is 7.35. The number of nitrogens with one attached hydrogen (secondary N) is 1. The molecule has 0 fully saturated rings. The maximum absolute atomic E-state index is 6.05. The summed E-state index contributed by atoms with van der Waals surface area (Å²) in [5.41, 5.74) is 3.45. The van der Waals surface area contributed by atoms with Gasteiger partial charge in [-0.25, -0.2) is 0 Å². The van der Waals surface area contributed by atoms with Gasteiger partial charge in [-0.1, -0.05) is 60.1 Å². The summed E-state index contributed by atoms with van der Waals surface area (Å²) in [5.74, 6) is 1.50. The molecule has 0 aliphatic heterocycles. The minimum absolute atomic E-state index is 0.274. The van der Waals surface area contributed by atoms with E-state index in [0.717, 1.165) is 29.2 Å². The van der Waals surface area contributed by atoms with Crippen molar-refractivity contribution in [1.29, 1.82) is 0 Å². The lowest BCUT2D eigenvalue weighted by Crippen LogP contribution is -2.18. The van der Waals surface area contributed by atoms with E-state index in [9.17, 15) is 0 Å². The molecular weight excluding hydrogens is 370 g/mol. The first-order valence-electron chi connectivity index (χ1n) is 9.57. The van der Waals surface area contributed by atoms with Crippen LogP contribution in [0.1, 0.15) is 36.6 Å². The lowest BCUT2D eigenvalue weighted by atomic mass is 10.1. The highest BCUT2D eigenvalue weighted by atomic mass is 35.5. The molecule has 0 aliphatic rings. The number of benzene rings is 3. The van der Waals surface area contributed by atoms with Crippen LogP contribution >= 0.6 is 11.6 Å². The second kappa shape index (κ2) is 10.2. The third-order valence-corrected chi connectivity index (χ3v) is 4.74. The van der Waals surface area contributed by atoms with Crippen LogP contribution in [0.25, 0.3) is 0 Å². The molecular formula is C24H26ClNO2. The molecule has 1 atom stereocenters. The molecule has 0 unspecified atom stereocenters. The Hall–Kier alpha value is -2.49. The first-order chi connectivity index (χ1) is 13.7. The molecule has 0 aromatic heterocycles. The Morgan fingerprint density at radius 2 is 1.68 bits per heavy atom. The standard InChI is InChI=1S/C24H26ClNO2/c1-3-27-24-15-19(16-26-18(2)21-9-5-4-6-10-21)12-13-23(24)28-17-20-8-7-11-22(25)14-20/h4-15,18,26H,3,16-17H2,1-2H3/t18-/m1/s1. The van der Waals surface area contributed by atoms with E-state index in [2.05, 4.69) is 42.6 Å². The number of ether oxygens (including phenoxy) is 2. The lowest BCUT2D eigenvalue weighted by Gasteiger charge is -2.16. The summed E-state index contributed by atoms with van der Waals surface area (Å²) in [5, 5.41) is 4.27. The minimum atomic E-state index is 0.274. The quantitative estimate of drug-likeness (QED) is 0.470. The molecule has 0 heterocycles. The number of halogens is 1.